The molecular weight excluding hydrogens is 304 g/mol. The van der Waals surface area contributed by atoms with Crippen LogP contribution in [-0.2, 0) is 5.41 Å². The lowest BCUT2D eigenvalue weighted by molar-refractivity contribution is 0.337. The number of para-hydroxylation sites is 2. The second kappa shape index (κ2) is 6.07. The third-order valence-corrected chi connectivity index (χ3v) is 5.77. The molecule has 0 bridgehead atoms. The van der Waals surface area contributed by atoms with Crippen LogP contribution in [0, 0.1) is 12.8 Å². The molecule has 0 amide bonds. The highest BCUT2D eigenvalue weighted by Crippen LogP contribution is 2.56. The summed E-state index contributed by atoms with van der Waals surface area (Å²) in [5.41, 5.74) is 5.07. The molecule has 1 heterocycles. The number of benzene rings is 3. The molecule has 25 heavy (non-hydrogen) atoms. The first-order valence-corrected chi connectivity index (χ1v) is 9.12. The largest absolute Gasteiger partial charge is 0.457 e. The SMILES string of the molecule is CCC(C)C1(c2ccccc2C)c2ccccc2Oc2ccccc21. The van der Waals surface area contributed by atoms with Gasteiger partial charge in [0.2, 0.25) is 0 Å². The van der Waals surface area contributed by atoms with Gasteiger partial charge in [-0.25, -0.2) is 0 Å². The summed E-state index contributed by atoms with van der Waals surface area (Å²) in [5.74, 6) is 2.40. The van der Waals surface area contributed by atoms with Crippen LogP contribution < -0.4 is 4.74 Å². The minimum atomic E-state index is -0.189. The second-order valence-corrected chi connectivity index (χ2v) is 7.03. The molecule has 0 radical (unpaired) electrons. The van der Waals surface area contributed by atoms with Gasteiger partial charge >= 0.3 is 0 Å². The minimum absolute atomic E-state index is 0.189. The molecule has 3 aromatic rings. The molecule has 0 fully saturated rings. The highest BCUT2D eigenvalue weighted by Gasteiger charge is 2.47. The molecule has 1 heteroatoms. The normalized spacial score (nSPS) is 15.6. The maximum absolute atomic E-state index is 6.29. The standard InChI is InChI=1S/C24H24O/c1-4-18(3)24(19-12-6-5-11-17(19)2)20-13-7-9-15-22(20)25-23-16-10-8-14-21(23)24/h5-16,18H,4H2,1-3H3. The molecule has 0 N–H and O–H groups in total. The number of hydrogen-bond acceptors (Lipinski definition) is 1. The first-order valence-electron chi connectivity index (χ1n) is 9.12. The van der Waals surface area contributed by atoms with E-state index in [0.29, 0.717) is 5.92 Å². The third kappa shape index (κ3) is 2.22. The van der Waals surface area contributed by atoms with E-state index in [4.69, 9.17) is 4.74 Å². The Morgan fingerprint density at radius 2 is 1.24 bits per heavy atom. The second-order valence-electron chi connectivity index (χ2n) is 7.03. The van der Waals surface area contributed by atoms with Gasteiger partial charge in [0.25, 0.3) is 0 Å². The molecule has 126 valence electrons. The Kier molecular flexibility index (Phi) is 3.88. The van der Waals surface area contributed by atoms with Crippen LogP contribution in [0.1, 0.15) is 42.5 Å². The van der Waals surface area contributed by atoms with E-state index in [-0.39, 0.29) is 5.41 Å². The number of ether oxygens (including phenoxy) is 1. The summed E-state index contributed by atoms with van der Waals surface area (Å²) >= 11 is 0. The summed E-state index contributed by atoms with van der Waals surface area (Å²) in [7, 11) is 0. The van der Waals surface area contributed by atoms with Crippen LogP contribution in [0.4, 0.5) is 0 Å². The van der Waals surface area contributed by atoms with Crippen molar-refractivity contribution in [2.75, 3.05) is 0 Å². The average molecular weight is 328 g/mol. The molecule has 1 atom stereocenters. The topological polar surface area (TPSA) is 9.23 Å². The zero-order valence-corrected chi connectivity index (χ0v) is 15.1. The Bertz CT molecular complexity index is 846. The number of hydrogen-bond donors (Lipinski definition) is 0. The van der Waals surface area contributed by atoms with E-state index in [1.807, 2.05) is 0 Å². The van der Waals surface area contributed by atoms with Gasteiger partial charge in [0, 0.05) is 11.1 Å². The summed E-state index contributed by atoms with van der Waals surface area (Å²) in [5, 5.41) is 0. The van der Waals surface area contributed by atoms with E-state index in [0.717, 1.165) is 17.9 Å². The zero-order chi connectivity index (χ0) is 17.4. The number of rotatable bonds is 3. The van der Waals surface area contributed by atoms with Crippen molar-refractivity contribution >= 4 is 0 Å². The van der Waals surface area contributed by atoms with Crippen LogP contribution in [0.25, 0.3) is 0 Å². The molecule has 3 aromatic carbocycles. The smallest absolute Gasteiger partial charge is 0.131 e. The molecule has 1 aliphatic heterocycles. The van der Waals surface area contributed by atoms with Crippen LogP contribution in [0.3, 0.4) is 0 Å². The Balaban J connectivity index is 2.16. The summed E-state index contributed by atoms with van der Waals surface area (Å²) in [6, 6.07) is 25.9. The Hall–Kier alpha value is -2.54. The van der Waals surface area contributed by atoms with Crippen LogP contribution >= 0.6 is 0 Å². The van der Waals surface area contributed by atoms with Crippen molar-refractivity contribution in [2.24, 2.45) is 5.92 Å². The predicted octanol–water partition coefficient (Wildman–Crippen LogP) is 6.48. The van der Waals surface area contributed by atoms with Crippen molar-refractivity contribution in [3.05, 3.63) is 95.1 Å². The molecule has 0 saturated carbocycles. The van der Waals surface area contributed by atoms with Crippen molar-refractivity contribution in [3.63, 3.8) is 0 Å². The fraction of sp³-hybridized carbons (Fsp3) is 0.250. The lowest BCUT2D eigenvalue weighted by atomic mass is 9.59. The van der Waals surface area contributed by atoms with Gasteiger partial charge in [-0.15, -0.1) is 0 Å². The molecule has 1 aliphatic rings. The summed E-state index contributed by atoms with van der Waals surface area (Å²) in [6.45, 7) is 6.87. The van der Waals surface area contributed by atoms with E-state index in [9.17, 15) is 0 Å². The molecule has 0 aliphatic carbocycles. The highest BCUT2D eigenvalue weighted by atomic mass is 16.5. The van der Waals surface area contributed by atoms with Gasteiger partial charge in [0.15, 0.2) is 0 Å². The van der Waals surface area contributed by atoms with E-state index in [2.05, 4.69) is 93.6 Å². The van der Waals surface area contributed by atoms with E-state index >= 15 is 0 Å². The van der Waals surface area contributed by atoms with Gasteiger partial charge < -0.3 is 4.74 Å². The van der Waals surface area contributed by atoms with Crippen LogP contribution in [0.15, 0.2) is 72.8 Å². The van der Waals surface area contributed by atoms with Gasteiger partial charge in [-0.1, -0.05) is 80.9 Å². The molecule has 1 unspecified atom stereocenters. The summed E-state index contributed by atoms with van der Waals surface area (Å²) in [6.07, 6.45) is 1.09. The van der Waals surface area contributed by atoms with E-state index in [1.165, 1.54) is 22.3 Å². The van der Waals surface area contributed by atoms with Crippen molar-refractivity contribution in [1.29, 1.82) is 0 Å². The molecule has 0 aromatic heterocycles. The number of aryl methyl sites for hydroxylation is 1. The minimum Gasteiger partial charge on any atom is -0.457 e. The van der Waals surface area contributed by atoms with E-state index in [1.54, 1.807) is 0 Å². The zero-order valence-electron chi connectivity index (χ0n) is 15.1. The molecule has 4 rings (SSSR count). The Morgan fingerprint density at radius 3 is 1.76 bits per heavy atom. The predicted molar refractivity (Wildman–Crippen MR) is 103 cm³/mol. The lowest BCUT2D eigenvalue weighted by Crippen LogP contribution is -2.39. The maximum atomic E-state index is 6.29. The van der Waals surface area contributed by atoms with Gasteiger partial charge in [-0.05, 0) is 36.1 Å². The molecule has 0 saturated heterocycles. The maximum Gasteiger partial charge on any atom is 0.131 e. The van der Waals surface area contributed by atoms with Gasteiger partial charge in [0.05, 0.1) is 5.41 Å². The van der Waals surface area contributed by atoms with Crippen molar-refractivity contribution < 1.29 is 4.74 Å². The fourth-order valence-electron chi connectivity index (χ4n) is 4.43. The van der Waals surface area contributed by atoms with E-state index < -0.39 is 0 Å². The molecule has 1 nitrogen and oxygen atoms in total. The Labute approximate surface area is 150 Å². The van der Waals surface area contributed by atoms with Crippen LogP contribution in [0.5, 0.6) is 11.5 Å². The first kappa shape index (κ1) is 16.0. The fourth-order valence-corrected chi connectivity index (χ4v) is 4.43. The van der Waals surface area contributed by atoms with Gasteiger partial charge in [-0.3, -0.25) is 0 Å². The third-order valence-electron chi connectivity index (χ3n) is 5.77. The number of fused-ring (bicyclic) bond motifs is 2. The quantitative estimate of drug-likeness (QED) is 0.534. The van der Waals surface area contributed by atoms with Crippen LogP contribution in [-0.4, -0.2) is 0 Å². The Morgan fingerprint density at radius 1 is 0.760 bits per heavy atom. The van der Waals surface area contributed by atoms with Crippen LogP contribution in [0.2, 0.25) is 0 Å². The van der Waals surface area contributed by atoms with Gasteiger partial charge in [-0.2, -0.15) is 0 Å². The summed E-state index contributed by atoms with van der Waals surface area (Å²) in [4.78, 5) is 0. The average Bonchev–Trinajstić information content (AvgIpc) is 2.66. The van der Waals surface area contributed by atoms with Crippen molar-refractivity contribution in [3.8, 4) is 11.5 Å². The molecular formula is C24H24O. The summed E-state index contributed by atoms with van der Waals surface area (Å²) < 4.78 is 6.29. The highest BCUT2D eigenvalue weighted by molar-refractivity contribution is 5.64. The van der Waals surface area contributed by atoms with Crippen molar-refractivity contribution in [2.45, 2.75) is 32.6 Å². The first-order chi connectivity index (χ1) is 12.2. The van der Waals surface area contributed by atoms with Crippen molar-refractivity contribution in [1.82, 2.24) is 0 Å². The lowest BCUT2D eigenvalue weighted by Gasteiger charge is -2.45. The molecule has 0 spiro atoms. The monoisotopic (exact) mass is 328 g/mol. The van der Waals surface area contributed by atoms with Gasteiger partial charge in [0.1, 0.15) is 11.5 Å².